The van der Waals surface area contributed by atoms with Crippen molar-refractivity contribution in [2.75, 3.05) is 18.5 Å². The van der Waals surface area contributed by atoms with Crippen molar-refractivity contribution in [1.29, 1.82) is 0 Å². The van der Waals surface area contributed by atoms with E-state index in [4.69, 9.17) is 0 Å². The van der Waals surface area contributed by atoms with Gasteiger partial charge in [-0.05, 0) is 23.8 Å². The summed E-state index contributed by atoms with van der Waals surface area (Å²) in [6, 6.07) is 4.81. The smallest absolute Gasteiger partial charge is 0.119 e. The highest BCUT2D eigenvalue weighted by Gasteiger charge is 2.42. The van der Waals surface area contributed by atoms with Gasteiger partial charge < -0.3 is 10.2 Å². The molecular weight excluding hydrogens is 279 g/mol. The molecule has 0 unspecified atom stereocenters. The summed E-state index contributed by atoms with van der Waals surface area (Å²) in [6.07, 6.45) is 3.30. The molecule has 2 nitrogen and oxygen atoms in total. The first kappa shape index (κ1) is 18.3. The molecule has 0 aliphatic heterocycles. The number of phenolic OH excluding ortho intramolecular Hbond substituents is 1. The molecule has 1 aromatic carbocycles. The SMILES string of the molecule is CC(C)C[P+](CC(C)C)(CC(C)C)c1cc(O)ccc1[O-]. The van der Waals surface area contributed by atoms with E-state index < -0.39 is 7.26 Å². The standard InChI is InChI=1S/C18H31O2P/c1-13(2)10-21(11-14(3)4,12-15(5)6)18-9-16(19)7-8-17(18)20/h7-9,13-15H,10-12H2,1-6H3,(H-,19,20). The minimum atomic E-state index is -1.55. The highest BCUT2D eigenvalue weighted by atomic mass is 31.2. The zero-order valence-electron chi connectivity index (χ0n) is 14.4. The van der Waals surface area contributed by atoms with Crippen LogP contribution >= 0.6 is 7.26 Å². The van der Waals surface area contributed by atoms with Gasteiger partial charge in [0, 0.05) is 13.3 Å². The Morgan fingerprint density at radius 2 is 1.33 bits per heavy atom. The maximum absolute atomic E-state index is 12.5. The fourth-order valence-electron chi connectivity index (χ4n) is 3.49. The molecule has 3 heteroatoms. The molecule has 0 aliphatic carbocycles. The Labute approximate surface area is 130 Å². The Morgan fingerprint density at radius 3 is 1.71 bits per heavy atom. The first-order valence-corrected chi connectivity index (χ1v) is 10.4. The molecule has 0 saturated heterocycles. The number of rotatable bonds is 7. The predicted octanol–water partition coefficient (Wildman–Crippen LogP) is 4.08. The van der Waals surface area contributed by atoms with Gasteiger partial charge in [0.25, 0.3) is 0 Å². The monoisotopic (exact) mass is 310 g/mol. The molecule has 0 atom stereocenters. The second-order valence-electron chi connectivity index (χ2n) is 7.53. The lowest BCUT2D eigenvalue weighted by atomic mass is 10.3. The van der Waals surface area contributed by atoms with Crippen LogP contribution in [0.15, 0.2) is 18.2 Å². The molecule has 0 amide bonds. The molecule has 0 fully saturated rings. The van der Waals surface area contributed by atoms with E-state index in [0.717, 1.165) is 23.8 Å². The summed E-state index contributed by atoms with van der Waals surface area (Å²) in [7, 11) is -1.55. The topological polar surface area (TPSA) is 43.3 Å². The van der Waals surface area contributed by atoms with Gasteiger partial charge in [-0.2, -0.15) is 0 Å². The van der Waals surface area contributed by atoms with Crippen molar-refractivity contribution in [2.45, 2.75) is 41.5 Å². The van der Waals surface area contributed by atoms with E-state index in [9.17, 15) is 10.2 Å². The van der Waals surface area contributed by atoms with Crippen LogP contribution in [0.2, 0.25) is 0 Å². The van der Waals surface area contributed by atoms with Crippen LogP contribution < -0.4 is 10.4 Å². The molecule has 0 aromatic heterocycles. The van der Waals surface area contributed by atoms with Crippen LogP contribution in [0.1, 0.15) is 41.5 Å². The van der Waals surface area contributed by atoms with Gasteiger partial charge in [-0.1, -0.05) is 53.4 Å². The molecule has 0 spiro atoms. The summed E-state index contributed by atoms with van der Waals surface area (Å²) < 4.78 is 0. The van der Waals surface area contributed by atoms with Crippen LogP contribution in [0.4, 0.5) is 0 Å². The second kappa shape index (κ2) is 7.49. The minimum Gasteiger partial charge on any atom is -0.870 e. The van der Waals surface area contributed by atoms with Gasteiger partial charge in [-0.25, -0.2) is 0 Å². The van der Waals surface area contributed by atoms with E-state index >= 15 is 0 Å². The van der Waals surface area contributed by atoms with E-state index in [1.807, 2.05) is 0 Å². The number of hydrogen-bond donors (Lipinski definition) is 1. The fraction of sp³-hybridized carbons (Fsp3) is 0.667. The van der Waals surface area contributed by atoms with Crippen molar-refractivity contribution < 1.29 is 10.2 Å². The number of aromatic hydroxyl groups is 1. The molecule has 0 heterocycles. The third kappa shape index (κ3) is 5.18. The fourth-order valence-corrected chi connectivity index (χ4v) is 9.67. The van der Waals surface area contributed by atoms with Gasteiger partial charge >= 0.3 is 0 Å². The maximum Gasteiger partial charge on any atom is 0.119 e. The molecule has 1 N–H and O–H groups in total. The van der Waals surface area contributed by atoms with Gasteiger partial charge in [-0.3, -0.25) is 0 Å². The molecule has 0 bridgehead atoms. The molecule has 0 saturated carbocycles. The van der Waals surface area contributed by atoms with Crippen LogP contribution in [-0.2, 0) is 0 Å². The largest absolute Gasteiger partial charge is 0.870 e. The van der Waals surface area contributed by atoms with Gasteiger partial charge in [0.05, 0.1) is 23.8 Å². The van der Waals surface area contributed by atoms with E-state index in [0.29, 0.717) is 17.8 Å². The third-order valence-electron chi connectivity index (χ3n) is 3.60. The highest BCUT2D eigenvalue weighted by molar-refractivity contribution is 7.83. The Bertz CT molecular complexity index is 426. The molecule has 0 radical (unpaired) electrons. The van der Waals surface area contributed by atoms with E-state index in [1.54, 1.807) is 12.1 Å². The summed E-state index contributed by atoms with van der Waals surface area (Å²) >= 11 is 0. The average Bonchev–Trinajstić information content (AvgIpc) is 2.29. The zero-order chi connectivity index (χ0) is 16.2. The lowest BCUT2D eigenvalue weighted by Gasteiger charge is -2.34. The second-order valence-corrected chi connectivity index (χ2v) is 11.4. The molecular formula is C18H31O2P. The van der Waals surface area contributed by atoms with Gasteiger partial charge in [0.1, 0.15) is 5.75 Å². The van der Waals surface area contributed by atoms with Crippen LogP contribution in [-0.4, -0.2) is 23.6 Å². The van der Waals surface area contributed by atoms with Crippen molar-refractivity contribution in [1.82, 2.24) is 0 Å². The van der Waals surface area contributed by atoms with Crippen LogP contribution in [0.5, 0.6) is 11.5 Å². The Kier molecular flexibility index (Phi) is 6.53. The number of hydrogen-bond acceptors (Lipinski definition) is 2. The lowest BCUT2D eigenvalue weighted by Crippen LogP contribution is -2.28. The normalized spacial score (nSPS) is 12.6. The Balaban J connectivity index is 3.40. The molecule has 1 rings (SSSR count). The first-order chi connectivity index (χ1) is 9.66. The highest BCUT2D eigenvalue weighted by Crippen LogP contribution is 2.62. The van der Waals surface area contributed by atoms with Crippen molar-refractivity contribution in [2.24, 2.45) is 17.8 Å². The summed E-state index contributed by atoms with van der Waals surface area (Å²) in [5.74, 6) is 2.04. The summed E-state index contributed by atoms with van der Waals surface area (Å²) in [5, 5.41) is 23.3. The minimum absolute atomic E-state index is 0.114. The van der Waals surface area contributed by atoms with Crippen LogP contribution in [0.3, 0.4) is 0 Å². The third-order valence-corrected chi connectivity index (χ3v) is 9.26. The van der Waals surface area contributed by atoms with Gasteiger partial charge in [-0.15, -0.1) is 0 Å². The van der Waals surface area contributed by atoms with Crippen molar-refractivity contribution in [3.05, 3.63) is 18.2 Å². The molecule has 120 valence electrons. The van der Waals surface area contributed by atoms with E-state index in [1.165, 1.54) is 6.07 Å². The molecule has 21 heavy (non-hydrogen) atoms. The van der Waals surface area contributed by atoms with Crippen LogP contribution in [0.25, 0.3) is 0 Å². The van der Waals surface area contributed by atoms with Crippen LogP contribution in [0, 0.1) is 17.8 Å². The number of phenols is 1. The summed E-state index contributed by atoms with van der Waals surface area (Å²) in [6.45, 7) is 13.4. The average molecular weight is 310 g/mol. The molecule has 1 aromatic rings. The Morgan fingerprint density at radius 1 is 0.905 bits per heavy atom. The Hall–Kier alpha value is -0.750. The van der Waals surface area contributed by atoms with Crippen molar-refractivity contribution in [3.8, 4) is 11.5 Å². The predicted molar refractivity (Wildman–Crippen MR) is 93.2 cm³/mol. The zero-order valence-corrected chi connectivity index (χ0v) is 15.3. The van der Waals surface area contributed by atoms with Gasteiger partial charge in [0.2, 0.25) is 0 Å². The van der Waals surface area contributed by atoms with E-state index in [2.05, 4.69) is 41.5 Å². The van der Waals surface area contributed by atoms with Crippen molar-refractivity contribution >= 4 is 12.6 Å². The lowest BCUT2D eigenvalue weighted by molar-refractivity contribution is -0.266. The van der Waals surface area contributed by atoms with Crippen molar-refractivity contribution in [3.63, 3.8) is 0 Å². The van der Waals surface area contributed by atoms with Gasteiger partial charge in [0.15, 0.2) is 0 Å². The maximum atomic E-state index is 12.5. The molecule has 0 aliphatic rings. The summed E-state index contributed by atoms with van der Waals surface area (Å²) in [5.41, 5.74) is 0. The quantitative estimate of drug-likeness (QED) is 0.771. The summed E-state index contributed by atoms with van der Waals surface area (Å²) in [4.78, 5) is 0. The van der Waals surface area contributed by atoms with E-state index in [-0.39, 0.29) is 11.5 Å². The first-order valence-electron chi connectivity index (χ1n) is 8.03. The number of benzene rings is 1.